The van der Waals surface area contributed by atoms with Crippen molar-refractivity contribution in [1.82, 2.24) is 4.90 Å². The highest BCUT2D eigenvalue weighted by atomic mass is 19.1. The van der Waals surface area contributed by atoms with Crippen LogP contribution in [0.4, 0.5) is 13.6 Å². The Balaban J connectivity index is 1.60. The van der Waals surface area contributed by atoms with E-state index in [0.29, 0.717) is 11.1 Å². The van der Waals surface area contributed by atoms with E-state index in [2.05, 4.69) is 0 Å². The Hall–Kier alpha value is -3.54. The van der Waals surface area contributed by atoms with Crippen LogP contribution in [0.25, 0.3) is 0 Å². The first-order valence-corrected chi connectivity index (χ1v) is 10.0. The summed E-state index contributed by atoms with van der Waals surface area (Å²) in [7, 11) is 0. The highest BCUT2D eigenvalue weighted by Crippen LogP contribution is 2.35. The number of cyclic esters (lactones) is 1. The summed E-state index contributed by atoms with van der Waals surface area (Å²) in [5.41, 5.74) is 2.20. The third kappa shape index (κ3) is 4.33. The zero-order valence-electron chi connectivity index (χ0n) is 16.9. The average Bonchev–Trinajstić information content (AvgIpc) is 3.08. The molecule has 0 bridgehead atoms. The lowest BCUT2D eigenvalue weighted by atomic mass is 9.88. The van der Waals surface area contributed by atoms with Gasteiger partial charge in [-0.25, -0.2) is 18.5 Å². The van der Waals surface area contributed by atoms with Crippen LogP contribution in [0.15, 0.2) is 78.9 Å². The average molecular weight is 421 g/mol. The molecule has 1 heterocycles. The molecule has 0 aromatic heterocycles. The van der Waals surface area contributed by atoms with Crippen molar-refractivity contribution in [2.45, 2.75) is 31.4 Å². The van der Waals surface area contributed by atoms with Gasteiger partial charge in [-0.1, -0.05) is 54.6 Å². The van der Waals surface area contributed by atoms with Crippen LogP contribution < -0.4 is 0 Å². The van der Waals surface area contributed by atoms with Crippen LogP contribution in [0.3, 0.4) is 0 Å². The van der Waals surface area contributed by atoms with Crippen molar-refractivity contribution < 1.29 is 23.1 Å². The number of hydrogen-bond donors (Lipinski definition) is 0. The van der Waals surface area contributed by atoms with E-state index in [1.54, 1.807) is 31.2 Å². The van der Waals surface area contributed by atoms with E-state index in [4.69, 9.17) is 4.74 Å². The van der Waals surface area contributed by atoms with Crippen molar-refractivity contribution in [3.8, 4) is 0 Å². The third-order valence-electron chi connectivity index (χ3n) is 5.59. The SMILES string of the molecule is C[C@@H]1[C@@H](c2ccccc2)OC(=O)N1C(=O)CC(c1ccc(F)cc1)c1ccc(F)cc1. The van der Waals surface area contributed by atoms with E-state index in [1.807, 2.05) is 30.3 Å². The molecule has 0 aliphatic carbocycles. The molecule has 3 aromatic carbocycles. The molecular weight excluding hydrogens is 400 g/mol. The van der Waals surface area contributed by atoms with Gasteiger partial charge in [-0.15, -0.1) is 0 Å². The van der Waals surface area contributed by atoms with Crippen molar-refractivity contribution in [3.63, 3.8) is 0 Å². The number of rotatable bonds is 5. The fourth-order valence-corrected chi connectivity index (χ4v) is 3.98. The minimum absolute atomic E-state index is 0.0434. The van der Waals surface area contributed by atoms with E-state index >= 15 is 0 Å². The predicted octanol–water partition coefficient (Wildman–Crippen LogP) is 5.60. The van der Waals surface area contributed by atoms with Crippen LogP contribution in [0.1, 0.15) is 42.1 Å². The fourth-order valence-electron chi connectivity index (χ4n) is 3.98. The highest BCUT2D eigenvalue weighted by Gasteiger charge is 2.43. The first-order chi connectivity index (χ1) is 14.9. The van der Waals surface area contributed by atoms with Gasteiger partial charge in [-0.05, 0) is 47.9 Å². The highest BCUT2D eigenvalue weighted by molar-refractivity contribution is 5.94. The molecule has 1 aliphatic heterocycles. The van der Waals surface area contributed by atoms with Gasteiger partial charge in [0.1, 0.15) is 17.7 Å². The molecule has 1 saturated heterocycles. The molecule has 2 amide bonds. The largest absolute Gasteiger partial charge is 0.439 e. The maximum Gasteiger partial charge on any atom is 0.417 e. The first-order valence-electron chi connectivity index (χ1n) is 10.0. The van der Waals surface area contributed by atoms with Gasteiger partial charge < -0.3 is 4.74 Å². The molecule has 0 N–H and O–H groups in total. The second-order valence-corrected chi connectivity index (χ2v) is 7.58. The van der Waals surface area contributed by atoms with Gasteiger partial charge in [-0.2, -0.15) is 0 Å². The molecule has 0 radical (unpaired) electrons. The predicted molar refractivity (Wildman–Crippen MR) is 111 cm³/mol. The summed E-state index contributed by atoms with van der Waals surface area (Å²) < 4.78 is 32.4. The molecule has 158 valence electrons. The molecule has 0 saturated carbocycles. The smallest absolute Gasteiger partial charge is 0.417 e. The summed E-state index contributed by atoms with van der Waals surface area (Å²) in [6.45, 7) is 1.77. The molecule has 4 rings (SSSR count). The van der Waals surface area contributed by atoms with Crippen molar-refractivity contribution in [2.75, 3.05) is 0 Å². The lowest BCUT2D eigenvalue weighted by molar-refractivity contribution is -0.129. The maximum atomic E-state index is 13.4. The third-order valence-corrected chi connectivity index (χ3v) is 5.59. The first kappa shape index (κ1) is 20.7. The van der Waals surface area contributed by atoms with E-state index < -0.39 is 41.7 Å². The molecule has 1 fully saturated rings. The summed E-state index contributed by atoms with van der Waals surface area (Å²) in [4.78, 5) is 26.9. The number of benzene rings is 3. The second-order valence-electron chi connectivity index (χ2n) is 7.58. The van der Waals surface area contributed by atoms with Gasteiger partial charge in [0.15, 0.2) is 0 Å². The number of halogens is 2. The minimum atomic E-state index is -0.691. The van der Waals surface area contributed by atoms with Crippen LogP contribution in [-0.2, 0) is 9.53 Å². The van der Waals surface area contributed by atoms with Gasteiger partial charge in [0, 0.05) is 12.3 Å². The summed E-state index contributed by atoms with van der Waals surface area (Å²) in [5, 5.41) is 0. The quantitative estimate of drug-likeness (QED) is 0.539. The van der Waals surface area contributed by atoms with E-state index in [9.17, 15) is 18.4 Å². The summed E-state index contributed by atoms with van der Waals surface area (Å²) in [6, 6.07) is 20.4. The molecule has 3 aromatic rings. The van der Waals surface area contributed by atoms with Gasteiger partial charge in [0.25, 0.3) is 0 Å². The molecule has 0 spiro atoms. The number of nitrogens with zero attached hydrogens (tertiary/aromatic N) is 1. The van der Waals surface area contributed by atoms with Crippen LogP contribution in [0.5, 0.6) is 0 Å². The number of carbonyl (C=O) groups excluding carboxylic acids is 2. The van der Waals surface area contributed by atoms with E-state index in [-0.39, 0.29) is 6.42 Å². The van der Waals surface area contributed by atoms with Gasteiger partial charge in [0.2, 0.25) is 5.91 Å². The molecule has 4 nitrogen and oxygen atoms in total. The van der Waals surface area contributed by atoms with Crippen molar-refractivity contribution >= 4 is 12.0 Å². The molecule has 0 unspecified atom stereocenters. The number of imide groups is 1. The van der Waals surface area contributed by atoms with E-state index in [1.165, 1.54) is 24.3 Å². The Morgan fingerprint density at radius 3 is 1.94 bits per heavy atom. The van der Waals surface area contributed by atoms with E-state index in [0.717, 1.165) is 10.5 Å². The molecule has 6 heteroatoms. The molecule has 31 heavy (non-hydrogen) atoms. The molecule has 2 atom stereocenters. The maximum absolute atomic E-state index is 13.4. The summed E-state index contributed by atoms with van der Waals surface area (Å²) >= 11 is 0. The normalized spacial score (nSPS) is 18.3. The number of hydrogen-bond acceptors (Lipinski definition) is 3. The molecule has 1 aliphatic rings. The number of amides is 2. The minimum Gasteiger partial charge on any atom is -0.439 e. The summed E-state index contributed by atoms with van der Waals surface area (Å²) in [5.74, 6) is -1.66. The Morgan fingerprint density at radius 1 is 0.903 bits per heavy atom. The Labute approximate surface area is 179 Å². The zero-order valence-corrected chi connectivity index (χ0v) is 16.9. The van der Waals surface area contributed by atoms with Crippen LogP contribution >= 0.6 is 0 Å². The number of carbonyl (C=O) groups is 2. The summed E-state index contributed by atoms with van der Waals surface area (Å²) in [6.07, 6.45) is -1.28. The Bertz CT molecular complexity index is 1020. The Morgan fingerprint density at radius 2 is 1.42 bits per heavy atom. The monoisotopic (exact) mass is 421 g/mol. The van der Waals surface area contributed by atoms with Crippen LogP contribution in [0.2, 0.25) is 0 Å². The van der Waals surface area contributed by atoms with Crippen LogP contribution in [0, 0.1) is 11.6 Å². The van der Waals surface area contributed by atoms with Gasteiger partial charge in [-0.3, -0.25) is 4.79 Å². The fraction of sp³-hybridized carbons (Fsp3) is 0.200. The zero-order chi connectivity index (χ0) is 22.0. The van der Waals surface area contributed by atoms with Crippen molar-refractivity contribution in [1.29, 1.82) is 0 Å². The lowest BCUT2D eigenvalue weighted by Gasteiger charge is -2.23. The molecular formula is C25H21F2NO3. The van der Waals surface area contributed by atoms with Crippen molar-refractivity contribution in [2.24, 2.45) is 0 Å². The van der Waals surface area contributed by atoms with Gasteiger partial charge in [0.05, 0.1) is 6.04 Å². The Kier molecular flexibility index (Phi) is 5.80. The van der Waals surface area contributed by atoms with Crippen LogP contribution in [-0.4, -0.2) is 22.9 Å². The standard InChI is InChI=1S/C25H21F2NO3/c1-16-24(19-5-3-2-4-6-19)31-25(30)28(16)23(29)15-22(17-7-11-20(26)12-8-17)18-9-13-21(27)14-10-18/h2-14,16,22,24H,15H2,1H3/t16-,24+/m1/s1. The number of ether oxygens (including phenoxy) is 1. The lowest BCUT2D eigenvalue weighted by Crippen LogP contribution is -2.38. The van der Waals surface area contributed by atoms with Crippen molar-refractivity contribution in [3.05, 3.63) is 107 Å². The topological polar surface area (TPSA) is 46.6 Å². The second kappa shape index (κ2) is 8.68. The van der Waals surface area contributed by atoms with Gasteiger partial charge >= 0.3 is 6.09 Å².